The molecule has 0 aliphatic heterocycles. The fraction of sp³-hybridized carbons (Fsp3) is 0.154. The smallest absolute Gasteiger partial charge is 0.269 e. The summed E-state index contributed by atoms with van der Waals surface area (Å²) in [5.41, 5.74) is 3.81. The average Bonchev–Trinajstić information content (AvgIpc) is 3.51. The highest BCUT2D eigenvalue weighted by atomic mass is 32.2. The van der Waals surface area contributed by atoms with Gasteiger partial charge in [0.15, 0.2) is 10.8 Å². The summed E-state index contributed by atoms with van der Waals surface area (Å²) in [5, 5.41) is 3.65. The number of benzene rings is 2. The summed E-state index contributed by atoms with van der Waals surface area (Å²) in [6.07, 6.45) is 3.37. The van der Waals surface area contributed by atoms with Crippen molar-refractivity contribution in [3.63, 3.8) is 0 Å². The van der Waals surface area contributed by atoms with Crippen LogP contribution in [-0.2, 0) is 10.0 Å². The molecule has 5 rings (SSSR count). The van der Waals surface area contributed by atoms with E-state index in [-0.39, 0.29) is 4.90 Å². The number of aromatic nitrogens is 3. The zero-order valence-electron chi connectivity index (χ0n) is 18.9. The molecule has 8 heteroatoms. The van der Waals surface area contributed by atoms with Gasteiger partial charge in [-0.05, 0) is 37.6 Å². The average molecular weight is 489 g/mol. The predicted molar refractivity (Wildman–Crippen MR) is 139 cm³/mol. The molecule has 0 saturated heterocycles. The van der Waals surface area contributed by atoms with Gasteiger partial charge in [0, 0.05) is 47.4 Å². The number of nitrogens with zero attached hydrogens (tertiary/aromatic N) is 4. The van der Waals surface area contributed by atoms with Gasteiger partial charge in [-0.25, -0.2) is 22.4 Å². The number of pyridine rings is 1. The maximum absolute atomic E-state index is 13.6. The fourth-order valence-electron chi connectivity index (χ4n) is 3.99. The minimum Gasteiger partial charge on any atom is -0.349 e. The van der Waals surface area contributed by atoms with Crippen molar-refractivity contribution in [2.24, 2.45) is 0 Å². The summed E-state index contributed by atoms with van der Waals surface area (Å²) in [7, 11) is -3.83. The molecule has 0 aliphatic rings. The number of anilines is 1. The lowest BCUT2D eigenvalue weighted by molar-refractivity contribution is 0.589. The van der Waals surface area contributed by atoms with E-state index in [1.54, 1.807) is 54.1 Å². The Hall–Kier alpha value is -3.49. The molecule has 0 spiro atoms. The standard InChI is InChI=1S/C26H24N4O2S2/c1-3-29(4-2)26-28-24(18-33-26)23-17-30(34(31,32)21-13-9-6-10-14-21)25-22(23)15-20(16-27-25)19-11-7-5-8-12-19/h5-18H,3-4H2,1-2H3. The van der Waals surface area contributed by atoms with Crippen molar-refractivity contribution in [2.75, 3.05) is 18.0 Å². The molecule has 3 aromatic heterocycles. The summed E-state index contributed by atoms with van der Waals surface area (Å²) in [5.74, 6) is 0. The summed E-state index contributed by atoms with van der Waals surface area (Å²) >= 11 is 1.56. The highest BCUT2D eigenvalue weighted by Crippen LogP contribution is 2.36. The number of hydrogen-bond donors (Lipinski definition) is 0. The van der Waals surface area contributed by atoms with Crippen LogP contribution in [0.3, 0.4) is 0 Å². The first kappa shape index (κ1) is 22.3. The molecule has 5 aromatic rings. The zero-order valence-corrected chi connectivity index (χ0v) is 20.6. The summed E-state index contributed by atoms with van der Waals surface area (Å²) in [6.45, 7) is 5.90. The van der Waals surface area contributed by atoms with Crippen LogP contribution < -0.4 is 4.90 Å². The molecule has 0 radical (unpaired) electrons. The number of fused-ring (bicyclic) bond motifs is 1. The number of thiazole rings is 1. The second-order valence-electron chi connectivity index (χ2n) is 7.81. The Balaban J connectivity index is 1.74. The van der Waals surface area contributed by atoms with Crippen molar-refractivity contribution in [1.82, 2.24) is 13.9 Å². The van der Waals surface area contributed by atoms with Gasteiger partial charge in [0.2, 0.25) is 0 Å². The summed E-state index contributed by atoms with van der Waals surface area (Å²) in [6, 6.07) is 20.4. The van der Waals surface area contributed by atoms with E-state index in [1.807, 2.05) is 41.8 Å². The third-order valence-corrected chi connectivity index (χ3v) is 8.39. The molecule has 0 N–H and O–H groups in total. The fourth-order valence-corrected chi connectivity index (χ4v) is 6.29. The van der Waals surface area contributed by atoms with Crippen LogP contribution in [0.15, 0.2) is 89.4 Å². The summed E-state index contributed by atoms with van der Waals surface area (Å²) in [4.78, 5) is 11.9. The Morgan fingerprint density at radius 3 is 2.29 bits per heavy atom. The first-order valence-corrected chi connectivity index (χ1v) is 13.4. The van der Waals surface area contributed by atoms with Crippen molar-refractivity contribution in [3.05, 3.63) is 84.5 Å². The topological polar surface area (TPSA) is 68.1 Å². The Kier molecular flexibility index (Phi) is 5.93. The van der Waals surface area contributed by atoms with Crippen LogP contribution >= 0.6 is 11.3 Å². The minimum absolute atomic E-state index is 0.217. The third-order valence-electron chi connectivity index (χ3n) is 5.82. The molecular formula is C26H24N4O2S2. The van der Waals surface area contributed by atoms with E-state index in [1.165, 1.54) is 3.97 Å². The van der Waals surface area contributed by atoms with Gasteiger partial charge in [0.25, 0.3) is 10.0 Å². The van der Waals surface area contributed by atoms with Gasteiger partial charge in [-0.2, -0.15) is 0 Å². The lowest BCUT2D eigenvalue weighted by Gasteiger charge is -2.16. The SMILES string of the molecule is CCN(CC)c1nc(-c2cn(S(=O)(=O)c3ccccc3)c3ncc(-c4ccccc4)cc23)cs1. The van der Waals surface area contributed by atoms with Gasteiger partial charge in [-0.1, -0.05) is 48.5 Å². The van der Waals surface area contributed by atoms with Gasteiger partial charge >= 0.3 is 0 Å². The van der Waals surface area contributed by atoms with E-state index in [2.05, 4.69) is 23.7 Å². The van der Waals surface area contributed by atoms with Crippen molar-refractivity contribution in [1.29, 1.82) is 0 Å². The monoisotopic (exact) mass is 488 g/mol. The highest BCUT2D eigenvalue weighted by molar-refractivity contribution is 7.90. The molecule has 0 atom stereocenters. The Labute approximate surface area is 203 Å². The molecular weight excluding hydrogens is 464 g/mol. The van der Waals surface area contributed by atoms with Crippen LogP contribution in [-0.4, -0.2) is 35.4 Å². The van der Waals surface area contributed by atoms with E-state index >= 15 is 0 Å². The molecule has 3 heterocycles. The molecule has 0 fully saturated rings. The van der Waals surface area contributed by atoms with Gasteiger partial charge in [-0.15, -0.1) is 11.3 Å². The molecule has 0 aliphatic carbocycles. The third kappa shape index (κ3) is 3.89. The van der Waals surface area contributed by atoms with E-state index in [9.17, 15) is 8.42 Å². The first-order chi connectivity index (χ1) is 16.5. The van der Waals surface area contributed by atoms with E-state index in [0.29, 0.717) is 5.65 Å². The lowest BCUT2D eigenvalue weighted by atomic mass is 10.1. The largest absolute Gasteiger partial charge is 0.349 e. The minimum atomic E-state index is -3.83. The van der Waals surface area contributed by atoms with E-state index in [4.69, 9.17) is 4.98 Å². The van der Waals surface area contributed by atoms with Crippen molar-refractivity contribution < 1.29 is 8.42 Å². The van der Waals surface area contributed by atoms with Crippen molar-refractivity contribution >= 4 is 37.5 Å². The van der Waals surface area contributed by atoms with Crippen LogP contribution in [0, 0.1) is 0 Å². The maximum atomic E-state index is 13.6. The van der Waals surface area contributed by atoms with Crippen LogP contribution in [0.25, 0.3) is 33.4 Å². The molecule has 6 nitrogen and oxygen atoms in total. The second kappa shape index (κ2) is 9.04. The second-order valence-corrected chi connectivity index (χ2v) is 10.5. The zero-order chi connectivity index (χ0) is 23.7. The number of hydrogen-bond acceptors (Lipinski definition) is 6. The Morgan fingerprint density at radius 2 is 1.62 bits per heavy atom. The Bertz CT molecular complexity index is 1540. The lowest BCUT2D eigenvalue weighted by Crippen LogP contribution is -2.21. The van der Waals surface area contributed by atoms with Gasteiger partial charge < -0.3 is 4.90 Å². The van der Waals surface area contributed by atoms with Crippen LogP contribution in [0.1, 0.15) is 13.8 Å². The number of rotatable bonds is 7. The quantitative estimate of drug-likeness (QED) is 0.285. The van der Waals surface area contributed by atoms with Gasteiger partial charge in [0.1, 0.15) is 0 Å². The van der Waals surface area contributed by atoms with Crippen molar-refractivity contribution in [2.45, 2.75) is 18.7 Å². The van der Waals surface area contributed by atoms with Crippen LogP contribution in [0.2, 0.25) is 0 Å². The van der Waals surface area contributed by atoms with E-state index in [0.717, 1.165) is 46.0 Å². The molecule has 0 saturated carbocycles. The van der Waals surface area contributed by atoms with Crippen LogP contribution in [0.5, 0.6) is 0 Å². The summed E-state index contributed by atoms with van der Waals surface area (Å²) < 4.78 is 28.4. The van der Waals surface area contributed by atoms with Crippen molar-refractivity contribution in [3.8, 4) is 22.4 Å². The molecule has 0 amide bonds. The van der Waals surface area contributed by atoms with Crippen LogP contribution in [0.4, 0.5) is 5.13 Å². The molecule has 0 unspecified atom stereocenters. The highest BCUT2D eigenvalue weighted by Gasteiger charge is 2.24. The normalized spacial score (nSPS) is 11.7. The van der Waals surface area contributed by atoms with E-state index < -0.39 is 10.0 Å². The molecule has 0 bridgehead atoms. The van der Waals surface area contributed by atoms with Gasteiger partial charge in [0.05, 0.1) is 10.6 Å². The predicted octanol–water partition coefficient (Wildman–Crippen LogP) is 5.91. The first-order valence-electron chi connectivity index (χ1n) is 11.1. The molecule has 172 valence electrons. The molecule has 34 heavy (non-hydrogen) atoms. The molecule has 2 aromatic carbocycles. The maximum Gasteiger partial charge on any atom is 0.269 e. The van der Waals surface area contributed by atoms with Gasteiger partial charge in [-0.3, -0.25) is 0 Å². The Morgan fingerprint density at radius 1 is 0.941 bits per heavy atom.